The van der Waals surface area contributed by atoms with Gasteiger partial charge in [0.15, 0.2) is 0 Å². The third kappa shape index (κ3) is 5.91. The lowest BCUT2D eigenvalue weighted by atomic mass is 10.2. The maximum Gasteiger partial charge on any atom is 0.142 e. The van der Waals surface area contributed by atoms with Crippen LogP contribution in [0.2, 0.25) is 0 Å². The Hall–Kier alpha value is -0.830. The van der Waals surface area contributed by atoms with Crippen molar-refractivity contribution in [3.63, 3.8) is 0 Å². The highest BCUT2D eigenvalue weighted by atomic mass is 32.2. The molecule has 0 aliphatic carbocycles. The van der Waals surface area contributed by atoms with Crippen LogP contribution in [-0.4, -0.2) is 16.5 Å². The van der Waals surface area contributed by atoms with Crippen LogP contribution in [0.15, 0.2) is 24.5 Å². The number of carbonyl (C=O) groups excluding carboxylic acids is 1. The van der Waals surface area contributed by atoms with E-state index in [0.717, 1.165) is 18.6 Å². The summed E-state index contributed by atoms with van der Waals surface area (Å²) in [4.78, 5) is 15.4. The highest BCUT2D eigenvalue weighted by Crippen LogP contribution is 2.12. The molecular formula is C13H19NOS. The van der Waals surface area contributed by atoms with Gasteiger partial charge in [-0.25, -0.2) is 0 Å². The summed E-state index contributed by atoms with van der Waals surface area (Å²) in [5.41, 5.74) is 1.24. The third-order valence-corrected chi connectivity index (χ3v) is 3.40. The molecular weight excluding hydrogens is 218 g/mol. The summed E-state index contributed by atoms with van der Waals surface area (Å²) in [5.74, 6) is 1.93. The molecule has 0 fully saturated rings. The van der Waals surface area contributed by atoms with E-state index in [-0.39, 0.29) is 0 Å². The average Bonchev–Trinajstić information content (AvgIpc) is 2.31. The van der Waals surface area contributed by atoms with E-state index in [9.17, 15) is 4.79 Å². The molecule has 0 saturated carbocycles. The van der Waals surface area contributed by atoms with Crippen molar-refractivity contribution in [1.29, 1.82) is 0 Å². The van der Waals surface area contributed by atoms with Gasteiger partial charge >= 0.3 is 0 Å². The lowest BCUT2D eigenvalue weighted by molar-refractivity contribution is -0.116. The zero-order valence-corrected chi connectivity index (χ0v) is 10.6. The van der Waals surface area contributed by atoms with Crippen LogP contribution in [0.3, 0.4) is 0 Å². The summed E-state index contributed by atoms with van der Waals surface area (Å²) in [6, 6.07) is 3.99. The number of carbonyl (C=O) groups is 1. The first-order chi connectivity index (χ1) is 7.83. The molecule has 0 spiro atoms. The van der Waals surface area contributed by atoms with E-state index in [1.54, 1.807) is 24.2 Å². The molecule has 0 radical (unpaired) electrons. The maximum atomic E-state index is 11.5. The summed E-state index contributed by atoms with van der Waals surface area (Å²) in [6.07, 6.45) is 7.72. The topological polar surface area (TPSA) is 30.0 Å². The molecule has 0 saturated heterocycles. The Morgan fingerprint density at radius 3 is 2.75 bits per heavy atom. The lowest BCUT2D eigenvalue weighted by Crippen LogP contribution is -2.01. The van der Waals surface area contributed by atoms with Gasteiger partial charge in [-0.15, -0.1) is 11.8 Å². The zero-order valence-electron chi connectivity index (χ0n) is 9.82. The minimum atomic E-state index is 0.382. The Morgan fingerprint density at radius 2 is 2.06 bits per heavy atom. The second-order valence-corrected chi connectivity index (χ2v) is 4.83. The van der Waals surface area contributed by atoms with Crippen molar-refractivity contribution < 1.29 is 4.79 Å². The van der Waals surface area contributed by atoms with Crippen molar-refractivity contribution in [1.82, 2.24) is 4.98 Å². The van der Waals surface area contributed by atoms with Crippen molar-refractivity contribution in [2.45, 2.75) is 38.4 Å². The van der Waals surface area contributed by atoms with Crippen LogP contribution in [0.1, 0.15) is 38.2 Å². The Balaban J connectivity index is 2.09. The van der Waals surface area contributed by atoms with Crippen LogP contribution in [0.25, 0.3) is 0 Å². The molecule has 1 rings (SSSR count). The lowest BCUT2D eigenvalue weighted by Gasteiger charge is -2.01. The molecule has 3 heteroatoms. The summed E-state index contributed by atoms with van der Waals surface area (Å²) < 4.78 is 0. The van der Waals surface area contributed by atoms with Gasteiger partial charge in [-0.05, 0) is 24.1 Å². The predicted octanol–water partition coefficient (Wildman–Crippen LogP) is 3.46. The van der Waals surface area contributed by atoms with Crippen molar-refractivity contribution in [3.05, 3.63) is 30.1 Å². The quantitative estimate of drug-likeness (QED) is 0.648. The molecule has 0 bridgehead atoms. The van der Waals surface area contributed by atoms with Crippen molar-refractivity contribution >= 4 is 17.5 Å². The fourth-order valence-corrected chi connectivity index (χ4v) is 2.31. The Bertz CT molecular complexity index is 300. The summed E-state index contributed by atoms with van der Waals surface area (Å²) in [5, 5.41) is 0. The Labute approximate surface area is 102 Å². The molecule has 0 aliphatic rings. The third-order valence-electron chi connectivity index (χ3n) is 2.34. The number of ketones is 1. The summed E-state index contributed by atoms with van der Waals surface area (Å²) in [7, 11) is 0. The highest BCUT2D eigenvalue weighted by Gasteiger charge is 2.01. The first kappa shape index (κ1) is 13.2. The van der Waals surface area contributed by atoms with E-state index in [1.165, 1.54) is 18.4 Å². The molecule has 1 heterocycles. The van der Waals surface area contributed by atoms with Gasteiger partial charge in [-0.3, -0.25) is 9.78 Å². The van der Waals surface area contributed by atoms with E-state index < -0.39 is 0 Å². The largest absolute Gasteiger partial charge is 0.299 e. The second-order valence-electron chi connectivity index (χ2n) is 3.84. The normalized spacial score (nSPS) is 10.3. The number of aromatic nitrogens is 1. The van der Waals surface area contributed by atoms with Crippen LogP contribution < -0.4 is 0 Å². The number of unbranched alkanes of at least 4 members (excludes halogenated alkanes) is 2. The minimum absolute atomic E-state index is 0.382. The van der Waals surface area contributed by atoms with E-state index in [2.05, 4.69) is 11.9 Å². The number of Topliss-reactive ketones (excluding diaryl/α,β-unsaturated/α-hetero) is 1. The fraction of sp³-hybridized carbons (Fsp3) is 0.538. The number of thioether (sulfide) groups is 1. The number of nitrogens with zero attached hydrogens (tertiary/aromatic N) is 1. The van der Waals surface area contributed by atoms with Gasteiger partial charge in [0.25, 0.3) is 0 Å². The van der Waals surface area contributed by atoms with Crippen LogP contribution in [-0.2, 0) is 10.5 Å². The molecule has 0 unspecified atom stereocenters. The first-order valence-corrected chi connectivity index (χ1v) is 6.96. The van der Waals surface area contributed by atoms with Gasteiger partial charge in [0.05, 0.1) is 5.75 Å². The van der Waals surface area contributed by atoms with Crippen molar-refractivity contribution in [2.24, 2.45) is 0 Å². The summed E-state index contributed by atoms with van der Waals surface area (Å²) in [6.45, 7) is 2.16. The SMILES string of the molecule is CCCCCC(=O)CSCc1ccncc1. The fourth-order valence-electron chi connectivity index (χ4n) is 1.41. The van der Waals surface area contributed by atoms with Crippen LogP contribution in [0.4, 0.5) is 0 Å². The highest BCUT2D eigenvalue weighted by molar-refractivity contribution is 7.99. The molecule has 0 amide bonds. The molecule has 0 atom stereocenters. The van der Waals surface area contributed by atoms with E-state index in [1.807, 2.05) is 12.1 Å². The molecule has 2 nitrogen and oxygen atoms in total. The van der Waals surface area contributed by atoms with Gasteiger partial charge in [-0.2, -0.15) is 0 Å². The number of hydrogen-bond donors (Lipinski definition) is 0. The average molecular weight is 237 g/mol. The Kier molecular flexibility index (Phi) is 6.90. The zero-order chi connectivity index (χ0) is 11.6. The number of hydrogen-bond acceptors (Lipinski definition) is 3. The molecule has 0 N–H and O–H groups in total. The van der Waals surface area contributed by atoms with Crippen LogP contribution in [0.5, 0.6) is 0 Å². The second kappa shape index (κ2) is 8.34. The van der Waals surface area contributed by atoms with Gasteiger partial charge in [0.2, 0.25) is 0 Å². The van der Waals surface area contributed by atoms with E-state index >= 15 is 0 Å². The van der Waals surface area contributed by atoms with Gasteiger partial charge in [0.1, 0.15) is 5.78 Å². The standard InChI is InChI=1S/C13H19NOS/c1-2-3-4-5-13(15)11-16-10-12-6-8-14-9-7-12/h6-9H,2-5,10-11H2,1H3. The van der Waals surface area contributed by atoms with Gasteiger partial charge in [-0.1, -0.05) is 19.8 Å². The molecule has 88 valence electrons. The van der Waals surface area contributed by atoms with Crippen molar-refractivity contribution in [2.75, 3.05) is 5.75 Å². The number of pyridine rings is 1. The molecule has 1 aromatic rings. The first-order valence-electron chi connectivity index (χ1n) is 5.81. The van der Waals surface area contributed by atoms with E-state index in [4.69, 9.17) is 0 Å². The van der Waals surface area contributed by atoms with Crippen LogP contribution in [0, 0.1) is 0 Å². The van der Waals surface area contributed by atoms with E-state index in [0.29, 0.717) is 11.5 Å². The van der Waals surface area contributed by atoms with Gasteiger partial charge < -0.3 is 0 Å². The monoisotopic (exact) mass is 237 g/mol. The van der Waals surface area contributed by atoms with Gasteiger partial charge in [0, 0.05) is 24.6 Å². The smallest absolute Gasteiger partial charge is 0.142 e. The predicted molar refractivity (Wildman–Crippen MR) is 69.5 cm³/mol. The molecule has 16 heavy (non-hydrogen) atoms. The molecule has 1 aromatic heterocycles. The maximum absolute atomic E-state index is 11.5. The Morgan fingerprint density at radius 1 is 1.31 bits per heavy atom. The van der Waals surface area contributed by atoms with Crippen molar-refractivity contribution in [3.8, 4) is 0 Å². The molecule has 0 aliphatic heterocycles. The minimum Gasteiger partial charge on any atom is -0.299 e. The number of rotatable bonds is 8. The summed E-state index contributed by atoms with van der Waals surface area (Å²) >= 11 is 1.70. The van der Waals surface area contributed by atoms with Crippen LogP contribution >= 0.6 is 11.8 Å². The molecule has 0 aromatic carbocycles.